The number of carbonyl (C=O) groups is 2. The largest absolute Gasteiger partial charge is 0.478 e. The van der Waals surface area contributed by atoms with E-state index in [-0.39, 0.29) is 11.5 Å². The zero-order chi connectivity index (χ0) is 14.1. The van der Waals surface area contributed by atoms with Gasteiger partial charge in [-0.3, -0.25) is 4.79 Å². The fourth-order valence-electron chi connectivity index (χ4n) is 1.59. The highest BCUT2D eigenvalue weighted by molar-refractivity contribution is 5.87. The van der Waals surface area contributed by atoms with E-state index in [9.17, 15) is 9.59 Å². The van der Waals surface area contributed by atoms with E-state index in [1.807, 2.05) is 0 Å². The Morgan fingerprint density at radius 3 is 2.53 bits per heavy atom. The van der Waals surface area contributed by atoms with E-state index in [1.54, 1.807) is 31.2 Å². The molecule has 0 atom stereocenters. The van der Waals surface area contributed by atoms with Crippen molar-refractivity contribution in [2.75, 3.05) is 13.2 Å². The van der Waals surface area contributed by atoms with Crippen molar-refractivity contribution in [1.29, 1.82) is 0 Å². The van der Waals surface area contributed by atoms with Gasteiger partial charge in [0.1, 0.15) is 0 Å². The summed E-state index contributed by atoms with van der Waals surface area (Å²) >= 11 is 0. The third-order valence-electron chi connectivity index (χ3n) is 2.57. The number of benzene rings is 1. The van der Waals surface area contributed by atoms with Crippen molar-refractivity contribution in [3.63, 3.8) is 0 Å². The van der Waals surface area contributed by atoms with E-state index in [0.29, 0.717) is 19.6 Å². The van der Waals surface area contributed by atoms with Gasteiger partial charge in [0.05, 0.1) is 12.2 Å². The molecule has 1 rings (SSSR count). The molecule has 1 aromatic rings. The number of carboxylic acids is 1. The van der Waals surface area contributed by atoms with Crippen LogP contribution in [0.2, 0.25) is 0 Å². The molecule has 0 heterocycles. The van der Waals surface area contributed by atoms with Crippen molar-refractivity contribution >= 4 is 11.9 Å². The number of carboxylic acid groups (broad SMARTS) is 1. The smallest absolute Gasteiger partial charge is 0.335 e. The summed E-state index contributed by atoms with van der Waals surface area (Å²) in [5.74, 6) is -1.09. The number of aromatic carboxylic acids is 1. The standard InChI is InChI=1S/C14H19NO4/c1-2-19-13(16)4-3-9-15-10-11-5-7-12(8-6-11)14(17)18/h5-8,15H,2-4,9-10H2,1H3,(H,17,18). The minimum Gasteiger partial charge on any atom is -0.478 e. The molecule has 0 amide bonds. The highest BCUT2D eigenvalue weighted by Crippen LogP contribution is 2.04. The molecule has 1 aromatic carbocycles. The molecule has 0 saturated carbocycles. The molecule has 0 bridgehead atoms. The van der Waals surface area contributed by atoms with Gasteiger partial charge in [-0.05, 0) is 37.6 Å². The second-order valence-corrected chi connectivity index (χ2v) is 4.09. The summed E-state index contributed by atoms with van der Waals surface area (Å²) in [5.41, 5.74) is 1.30. The van der Waals surface area contributed by atoms with Crippen LogP contribution in [0.3, 0.4) is 0 Å². The second-order valence-electron chi connectivity index (χ2n) is 4.09. The van der Waals surface area contributed by atoms with Crippen molar-refractivity contribution < 1.29 is 19.4 Å². The maximum absolute atomic E-state index is 11.1. The molecule has 0 spiro atoms. The van der Waals surface area contributed by atoms with Crippen LogP contribution in [0.25, 0.3) is 0 Å². The monoisotopic (exact) mass is 265 g/mol. The Morgan fingerprint density at radius 2 is 1.95 bits per heavy atom. The van der Waals surface area contributed by atoms with Crippen LogP contribution in [-0.4, -0.2) is 30.2 Å². The number of nitrogens with one attached hydrogen (secondary N) is 1. The van der Waals surface area contributed by atoms with E-state index in [0.717, 1.165) is 18.5 Å². The summed E-state index contributed by atoms with van der Waals surface area (Å²) in [7, 11) is 0. The zero-order valence-electron chi connectivity index (χ0n) is 11.0. The van der Waals surface area contributed by atoms with Crippen molar-refractivity contribution in [2.45, 2.75) is 26.3 Å². The maximum atomic E-state index is 11.1. The quantitative estimate of drug-likeness (QED) is 0.554. The summed E-state index contributed by atoms with van der Waals surface area (Å²) in [6.45, 7) is 3.58. The predicted molar refractivity (Wildman–Crippen MR) is 71.0 cm³/mol. The molecule has 5 heteroatoms. The molecule has 0 saturated heterocycles. The molecular weight excluding hydrogens is 246 g/mol. The molecule has 104 valence electrons. The lowest BCUT2D eigenvalue weighted by Crippen LogP contribution is -2.16. The third kappa shape index (κ3) is 6.01. The second kappa shape index (κ2) is 8.26. The molecule has 0 radical (unpaired) electrons. The molecule has 0 aliphatic rings. The average molecular weight is 265 g/mol. The third-order valence-corrected chi connectivity index (χ3v) is 2.57. The highest BCUT2D eigenvalue weighted by atomic mass is 16.5. The minimum atomic E-state index is -0.922. The first kappa shape index (κ1) is 15.2. The Labute approximate surface area is 112 Å². The molecule has 19 heavy (non-hydrogen) atoms. The Kier molecular flexibility index (Phi) is 6.60. The molecule has 0 fully saturated rings. The summed E-state index contributed by atoms with van der Waals surface area (Å²) in [6, 6.07) is 6.72. The summed E-state index contributed by atoms with van der Waals surface area (Å²) in [5, 5.41) is 12.0. The lowest BCUT2D eigenvalue weighted by molar-refractivity contribution is -0.143. The highest BCUT2D eigenvalue weighted by Gasteiger charge is 2.02. The van der Waals surface area contributed by atoms with Gasteiger partial charge in [-0.15, -0.1) is 0 Å². The Hall–Kier alpha value is -1.88. The van der Waals surface area contributed by atoms with Gasteiger partial charge in [-0.2, -0.15) is 0 Å². The van der Waals surface area contributed by atoms with E-state index < -0.39 is 5.97 Å². The van der Waals surface area contributed by atoms with Crippen LogP contribution < -0.4 is 5.32 Å². The van der Waals surface area contributed by atoms with Gasteiger partial charge in [-0.25, -0.2) is 4.79 Å². The molecule has 5 nitrogen and oxygen atoms in total. The lowest BCUT2D eigenvalue weighted by Gasteiger charge is -2.05. The van der Waals surface area contributed by atoms with Crippen LogP contribution in [-0.2, 0) is 16.1 Å². The minimum absolute atomic E-state index is 0.171. The molecule has 0 unspecified atom stereocenters. The first-order valence-corrected chi connectivity index (χ1v) is 6.32. The fraction of sp³-hybridized carbons (Fsp3) is 0.429. The van der Waals surface area contributed by atoms with E-state index in [1.165, 1.54) is 0 Å². The summed E-state index contributed by atoms with van der Waals surface area (Å²) < 4.78 is 4.82. The van der Waals surface area contributed by atoms with Crippen LogP contribution in [0.15, 0.2) is 24.3 Å². The number of hydrogen-bond donors (Lipinski definition) is 2. The van der Waals surface area contributed by atoms with Crippen molar-refractivity contribution in [3.8, 4) is 0 Å². The van der Waals surface area contributed by atoms with Gasteiger partial charge in [0.15, 0.2) is 0 Å². The van der Waals surface area contributed by atoms with Crippen molar-refractivity contribution in [1.82, 2.24) is 5.32 Å². The topological polar surface area (TPSA) is 75.6 Å². The first-order chi connectivity index (χ1) is 9.13. The Morgan fingerprint density at radius 1 is 1.26 bits per heavy atom. The molecule has 0 aliphatic carbocycles. The molecular formula is C14H19NO4. The van der Waals surface area contributed by atoms with Crippen molar-refractivity contribution in [3.05, 3.63) is 35.4 Å². The summed E-state index contributed by atoms with van der Waals surface area (Å²) in [4.78, 5) is 21.7. The van der Waals surface area contributed by atoms with Crippen LogP contribution in [0.1, 0.15) is 35.7 Å². The van der Waals surface area contributed by atoms with E-state index >= 15 is 0 Å². The van der Waals surface area contributed by atoms with Gasteiger partial charge >= 0.3 is 11.9 Å². The lowest BCUT2D eigenvalue weighted by atomic mass is 10.1. The fourth-order valence-corrected chi connectivity index (χ4v) is 1.59. The van der Waals surface area contributed by atoms with Gasteiger partial charge in [0.25, 0.3) is 0 Å². The SMILES string of the molecule is CCOC(=O)CCCNCc1ccc(C(=O)O)cc1. The van der Waals surface area contributed by atoms with Gasteiger partial charge < -0.3 is 15.2 Å². The number of esters is 1. The average Bonchev–Trinajstić information content (AvgIpc) is 2.39. The predicted octanol–water partition coefficient (Wildman–Crippen LogP) is 1.82. The van der Waals surface area contributed by atoms with Gasteiger partial charge in [-0.1, -0.05) is 12.1 Å². The Bertz CT molecular complexity index is 414. The van der Waals surface area contributed by atoms with E-state index in [4.69, 9.17) is 9.84 Å². The molecule has 0 aliphatic heterocycles. The van der Waals surface area contributed by atoms with Gasteiger partial charge in [0.2, 0.25) is 0 Å². The zero-order valence-corrected chi connectivity index (χ0v) is 11.0. The van der Waals surface area contributed by atoms with Crippen LogP contribution >= 0.6 is 0 Å². The number of carbonyl (C=O) groups excluding carboxylic acids is 1. The molecule has 2 N–H and O–H groups in total. The first-order valence-electron chi connectivity index (χ1n) is 6.32. The summed E-state index contributed by atoms with van der Waals surface area (Å²) in [6.07, 6.45) is 1.14. The van der Waals surface area contributed by atoms with Crippen LogP contribution in [0.4, 0.5) is 0 Å². The Balaban J connectivity index is 2.19. The normalized spacial score (nSPS) is 10.2. The number of ether oxygens (including phenoxy) is 1. The molecule has 0 aromatic heterocycles. The van der Waals surface area contributed by atoms with Crippen molar-refractivity contribution in [2.24, 2.45) is 0 Å². The van der Waals surface area contributed by atoms with Crippen LogP contribution in [0.5, 0.6) is 0 Å². The number of rotatable bonds is 8. The maximum Gasteiger partial charge on any atom is 0.335 e. The number of hydrogen-bond acceptors (Lipinski definition) is 4. The van der Waals surface area contributed by atoms with Crippen LogP contribution in [0, 0.1) is 0 Å². The van der Waals surface area contributed by atoms with E-state index in [2.05, 4.69) is 5.32 Å². The van der Waals surface area contributed by atoms with Gasteiger partial charge in [0, 0.05) is 13.0 Å².